The summed E-state index contributed by atoms with van der Waals surface area (Å²) in [7, 11) is -4.02. The molecule has 0 spiro atoms. The third-order valence-corrected chi connectivity index (χ3v) is 5.18. The monoisotopic (exact) mass is 320 g/mol. The van der Waals surface area contributed by atoms with Gasteiger partial charge in [-0.2, -0.15) is 4.31 Å². The molecule has 7 heteroatoms. The van der Waals surface area contributed by atoms with E-state index in [0.717, 1.165) is 23.3 Å². The molecule has 0 bridgehead atoms. The molecule has 0 aliphatic rings. The van der Waals surface area contributed by atoms with Crippen LogP contribution in [0.4, 0.5) is 8.78 Å². The van der Waals surface area contributed by atoms with Crippen LogP contribution in [0.1, 0.15) is 32.8 Å². The lowest BCUT2D eigenvalue weighted by atomic mass is 10.2. The van der Waals surface area contributed by atoms with Gasteiger partial charge < -0.3 is 5.32 Å². The molecule has 0 saturated heterocycles. The summed E-state index contributed by atoms with van der Waals surface area (Å²) in [5.41, 5.74) is 0.410. The number of hydrogen-bond acceptors (Lipinski definition) is 3. The molecular weight excluding hydrogens is 298 g/mol. The molecule has 0 radical (unpaired) electrons. The van der Waals surface area contributed by atoms with E-state index in [-0.39, 0.29) is 13.1 Å². The van der Waals surface area contributed by atoms with E-state index < -0.39 is 26.6 Å². The Balaban J connectivity index is 3.22. The highest BCUT2D eigenvalue weighted by Crippen LogP contribution is 2.23. The van der Waals surface area contributed by atoms with E-state index in [1.54, 1.807) is 13.8 Å². The average molecular weight is 320 g/mol. The molecule has 120 valence electrons. The molecule has 0 aromatic heterocycles. The molecule has 0 heterocycles. The maximum Gasteiger partial charge on any atom is 0.246 e. The summed E-state index contributed by atoms with van der Waals surface area (Å²) in [5.74, 6) is -2.46. The molecule has 0 atom stereocenters. The first-order valence-corrected chi connectivity index (χ1v) is 8.51. The van der Waals surface area contributed by atoms with Gasteiger partial charge >= 0.3 is 0 Å². The minimum Gasteiger partial charge on any atom is -0.313 e. The van der Waals surface area contributed by atoms with E-state index >= 15 is 0 Å². The van der Waals surface area contributed by atoms with Crippen molar-refractivity contribution < 1.29 is 17.2 Å². The summed E-state index contributed by atoms with van der Waals surface area (Å²) in [6.07, 6.45) is 0.897. The first kappa shape index (κ1) is 18.0. The van der Waals surface area contributed by atoms with E-state index in [9.17, 15) is 17.2 Å². The average Bonchev–Trinajstić information content (AvgIpc) is 2.43. The predicted octanol–water partition coefficient (Wildman–Crippen LogP) is 2.49. The summed E-state index contributed by atoms with van der Waals surface area (Å²) in [6.45, 7) is 6.72. The topological polar surface area (TPSA) is 49.4 Å². The van der Waals surface area contributed by atoms with Crippen LogP contribution in [0.25, 0.3) is 0 Å². The third kappa shape index (κ3) is 4.21. The molecular formula is C14H22F2N2O2S. The molecule has 0 aliphatic carbocycles. The van der Waals surface area contributed by atoms with Gasteiger partial charge in [0.15, 0.2) is 11.6 Å². The Bertz CT molecular complexity index is 573. The van der Waals surface area contributed by atoms with Crippen molar-refractivity contribution in [2.45, 2.75) is 38.6 Å². The maximum atomic E-state index is 13.9. The molecule has 0 unspecified atom stereocenters. The van der Waals surface area contributed by atoms with Crippen LogP contribution >= 0.6 is 0 Å². The Labute approximate surface area is 125 Å². The standard InChI is InChI=1S/C14H22F2N2O2S/c1-4-7-17-10-11-8-12(15)14(16)13(9-11)21(19,20)18(5-2)6-3/h8-9,17H,4-7,10H2,1-3H3. The summed E-state index contributed by atoms with van der Waals surface area (Å²) in [4.78, 5) is -0.598. The van der Waals surface area contributed by atoms with Gasteiger partial charge in [0.2, 0.25) is 10.0 Å². The summed E-state index contributed by atoms with van der Waals surface area (Å²) < 4.78 is 53.4. The second-order valence-corrected chi connectivity index (χ2v) is 6.56. The van der Waals surface area contributed by atoms with Gasteiger partial charge in [0, 0.05) is 19.6 Å². The fourth-order valence-electron chi connectivity index (χ4n) is 2.02. The van der Waals surface area contributed by atoms with Gasteiger partial charge in [0.05, 0.1) is 0 Å². The van der Waals surface area contributed by atoms with Gasteiger partial charge in [-0.15, -0.1) is 0 Å². The molecule has 1 aromatic carbocycles. The van der Waals surface area contributed by atoms with Gasteiger partial charge in [-0.25, -0.2) is 17.2 Å². The smallest absolute Gasteiger partial charge is 0.246 e. The lowest BCUT2D eigenvalue weighted by Gasteiger charge is -2.19. The van der Waals surface area contributed by atoms with Crippen LogP contribution in [0.5, 0.6) is 0 Å². The van der Waals surface area contributed by atoms with Gasteiger partial charge in [-0.3, -0.25) is 0 Å². The molecule has 0 fully saturated rings. The highest BCUT2D eigenvalue weighted by Gasteiger charge is 2.27. The van der Waals surface area contributed by atoms with Crippen molar-refractivity contribution in [2.75, 3.05) is 19.6 Å². The summed E-state index contributed by atoms with van der Waals surface area (Å²) >= 11 is 0. The van der Waals surface area contributed by atoms with Crippen molar-refractivity contribution in [1.29, 1.82) is 0 Å². The van der Waals surface area contributed by atoms with E-state index in [0.29, 0.717) is 12.1 Å². The molecule has 1 N–H and O–H groups in total. The van der Waals surface area contributed by atoms with Crippen LogP contribution in [-0.4, -0.2) is 32.4 Å². The number of nitrogens with one attached hydrogen (secondary N) is 1. The Morgan fingerprint density at radius 3 is 2.29 bits per heavy atom. The van der Waals surface area contributed by atoms with Crippen LogP contribution < -0.4 is 5.32 Å². The highest BCUT2D eigenvalue weighted by molar-refractivity contribution is 7.89. The van der Waals surface area contributed by atoms with Crippen LogP contribution in [-0.2, 0) is 16.6 Å². The minimum absolute atomic E-state index is 0.207. The Morgan fingerprint density at radius 1 is 1.14 bits per heavy atom. The first-order chi connectivity index (χ1) is 9.88. The number of halogens is 2. The van der Waals surface area contributed by atoms with Crippen LogP contribution in [0.15, 0.2) is 17.0 Å². The van der Waals surface area contributed by atoms with Crippen LogP contribution in [0, 0.1) is 11.6 Å². The molecule has 4 nitrogen and oxygen atoms in total. The molecule has 1 aromatic rings. The molecule has 1 rings (SSSR count). The van der Waals surface area contributed by atoms with Crippen molar-refractivity contribution in [1.82, 2.24) is 9.62 Å². The van der Waals surface area contributed by atoms with Gasteiger partial charge in [-0.05, 0) is 30.7 Å². The number of hydrogen-bond donors (Lipinski definition) is 1. The van der Waals surface area contributed by atoms with Gasteiger partial charge in [-0.1, -0.05) is 20.8 Å². The third-order valence-electron chi connectivity index (χ3n) is 3.13. The number of rotatable bonds is 8. The lowest BCUT2D eigenvalue weighted by molar-refractivity contribution is 0.431. The summed E-state index contributed by atoms with van der Waals surface area (Å²) in [6, 6.07) is 2.23. The Kier molecular flexibility index (Phi) is 6.70. The number of sulfonamides is 1. The van der Waals surface area contributed by atoms with Crippen molar-refractivity contribution in [3.8, 4) is 0 Å². The van der Waals surface area contributed by atoms with Crippen molar-refractivity contribution in [3.63, 3.8) is 0 Å². The molecule has 21 heavy (non-hydrogen) atoms. The maximum absolute atomic E-state index is 13.9. The van der Waals surface area contributed by atoms with E-state index in [1.807, 2.05) is 6.92 Å². The minimum atomic E-state index is -4.02. The normalized spacial score (nSPS) is 12.1. The van der Waals surface area contributed by atoms with Crippen molar-refractivity contribution >= 4 is 10.0 Å². The van der Waals surface area contributed by atoms with Crippen LogP contribution in [0.2, 0.25) is 0 Å². The molecule has 0 amide bonds. The largest absolute Gasteiger partial charge is 0.313 e. The number of nitrogens with zero attached hydrogens (tertiary/aromatic N) is 1. The highest BCUT2D eigenvalue weighted by atomic mass is 32.2. The van der Waals surface area contributed by atoms with Gasteiger partial charge in [0.1, 0.15) is 4.90 Å². The number of benzene rings is 1. The lowest BCUT2D eigenvalue weighted by Crippen LogP contribution is -2.31. The Morgan fingerprint density at radius 2 is 1.76 bits per heavy atom. The molecule has 0 aliphatic heterocycles. The van der Waals surface area contributed by atoms with E-state index in [4.69, 9.17) is 0 Å². The second-order valence-electron chi connectivity index (χ2n) is 4.66. The zero-order chi connectivity index (χ0) is 16.0. The van der Waals surface area contributed by atoms with Crippen molar-refractivity contribution in [2.24, 2.45) is 0 Å². The Hall–Kier alpha value is -1.05. The fraction of sp³-hybridized carbons (Fsp3) is 0.571. The second kappa shape index (κ2) is 7.82. The SMILES string of the molecule is CCCNCc1cc(F)c(F)c(S(=O)(=O)N(CC)CC)c1. The molecule has 0 saturated carbocycles. The zero-order valence-electron chi connectivity index (χ0n) is 12.6. The first-order valence-electron chi connectivity index (χ1n) is 7.07. The van der Waals surface area contributed by atoms with E-state index in [1.165, 1.54) is 6.07 Å². The van der Waals surface area contributed by atoms with Crippen LogP contribution in [0.3, 0.4) is 0 Å². The van der Waals surface area contributed by atoms with E-state index in [2.05, 4.69) is 5.32 Å². The predicted molar refractivity (Wildman–Crippen MR) is 78.5 cm³/mol. The van der Waals surface area contributed by atoms with Crippen molar-refractivity contribution in [3.05, 3.63) is 29.3 Å². The summed E-state index contributed by atoms with van der Waals surface area (Å²) in [5, 5.41) is 3.04. The fourth-order valence-corrected chi connectivity index (χ4v) is 3.60. The van der Waals surface area contributed by atoms with Gasteiger partial charge in [0.25, 0.3) is 0 Å². The quantitative estimate of drug-likeness (QED) is 0.749. The zero-order valence-corrected chi connectivity index (χ0v) is 13.4.